The molecule has 1 atom stereocenters. The standard InChI is InChI=1S/C28H30Cl3N3O5S/c1-18(2)32-28(36)19(3)33(16-22-23(29)11-8-12-24(22)30)27(35)17-34(20-13-14-26(39-4)25(31)15-20)40(37,38)21-9-6-5-7-10-21/h5-15,18-19H,16-17H2,1-4H3,(H,32,36)/t19-/m0/s1. The van der Waals surface area contributed by atoms with Crippen molar-refractivity contribution in [3.63, 3.8) is 0 Å². The molecule has 8 nitrogen and oxygen atoms in total. The highest BCUT2D eigenvalue weighted by molar-refractivity contribution is 7.92. The molecule has 3 aromatic carbocycles. The van der Waals surface area contributed by atoms with E-state index in [-0.39, 0.29) is 28.2 Å². The molecule has 3 rings (SSSR count). The van der Waals surface area contributed by atoms with Crippen molar-refractivity contribution in [1.29, 1.82) is 0 Å². The first-order valence-corrected chi connectivity index (χ1v) is 14.9. The number of rotatable bonds is 11. The third-order valence-electron chi connectivity index (χ3n) is 6.02. The Morgan fingerprint density at radius 3 is 2.08 bits per heavy atom. The molecule has 0 radical (unpaired) electrons. The molecular weight excluding hydrogens is 597 g/mol. The predicted molar refractivity (Wildman–Crippen MR) is 159 cm³/mol. The van der Waals surface area contributed by atoms with Crippen molar-refractivity contribution in [2.24, 2.45) is 0 Å². The number of halogens is 3. The summed E-state index contributed by atoms with van der Waals surface area (Å²) in [5.41, 5.74) is 0.561. The van der Waals surface area contributed by atoms with E-state index in [1.165, 1.54) is 42.3 Å². The monoisotopic (exact) mass is 625 g/mol. The maximum Gasteiger partial charge on any atom is 0.264 e. The second-order valence-corrected chi connectivity index (χ2v) is 12.3. The van der Waals surface area contributed by atoms with E-state index in [4.69, 9.17) is 39.5 Å². The number of hydrogen-bond acceptors (Lipinski definition) is 5. The van der Waals surface area contributed by atoms with Crippen molar-refractivity contribution in [2.75, 3.05) is 18.0 Å². The van der Waals surface area contributed by atoms with Crippen LogP contribution in [0.3, 0.4) is 0 Å². The van der Waals surface area contributed by atoms with Crippen LogP contribution in [-0.4, -0.2) is 50.9 Å². The number of anilines is 1. The van der Waals surface area contributed by atoms with Crippen LogP contribution in [-0.2, 0) is 26.2 Å². The van der Waals surface area contributed by atoms with Crippen molar-refractivity contribution in [3.8, 4) is 5.75 Å². The molecule has 214 valence electrons. The summed E-state index contributed by atoms with van der Waals surface area (Å²) in [6, 6.07) is 15.8. The van der Waals surface area contributed by atoms with Gasteiger partial charge in [-0.15, -0.1) is 0 Å². The van der Waals surface area contributed by atoms with Crippen molar-refractivity contribution < 1.29 is 22.7 Å². The van der Waals surface area contributed by atoms with E-state index >= 15 is 0 Å². The average Bonchev–Trinajstić information content (AvgIpc) is 2.91. The summed E-state index contributed by atoms with van der Waals surface area (Å²) >= 11 is 19.1. The number of amides is 2. The van der Waals surface area contributed by atoms with Gasteiger partial charge in [0, 0.05) is 28.2 Å². The quantitative estimate of drug-likeness (QED) is 0.291. The average molecular weight is 627 g/mol. The Balaban J connectivity index is 2.09. The summed E-state index contributed by atoms with van der Waals surface area (Å²) in [7, 11) is -2.80. The second-order valence-electron chi connectivity index (χ2n) is 9.20. The van der Waals surface area contributed by atoms with E-state index in [2.05, 4.69) is 5.32 Å². The minimum absolute atomic E-state index is 0.0268. The van der Waals surface area contributed by atoms with Gasteiger partial charge in [0.1, 0.15) is 18.3 Å². The van der Waals surface area contributed by atoms with E-state index in [1.807, 2.05) is 0 Å². The molecule has 0 unspecified atom stereocenters. The number of sulfonamides is 1. The minimum atomic E-state index is -4.24. The fourth-order valence-electron chi connectivity index (χ4n) is 3.90. The van der Waals surface area contributed by atoms with E-state index in [0.29, 0.717) is 21.4 Å². The summed E-state index contributed by atoms with van der Waals surface area (Å²) in [6.45, 7) is 4.38. The summed E-state index contributed by atoms with van der Waals surface area (Å²) < 4.78 is 33.8. The second kappa shape index (κ2) is 13.6. The maximum atomic E-state index is 14.0. The highest BCUT2D eigenvalue weighted by Crippen LogP contribution is 2.32. The first-order chi connectivity index (χ1) is 18.9. The highest BCUT2D eigenvalue weighted by atomic mass is 35.5. The Morgan fingerprint density at radius 1 is 0.900 bits per heavy atom. The summed E-state index contributed by atoms with van der Waals surface area (Å²) in [5.74, 6) is -0.743. The van der Waals surface area contributed by atoms with E-state index in [1.54, 1.807) is 57.2 Å². The zero-order valence-corrected chi connectivity index (χ0v) is 25.5. The number of carbonyl (C=O) groups is 2. The topological polar surface area (TPSA) is 96.0 Å². The molecule has 0 aromatic heterocycles. The van der Waals surface area contributed by atoms with Crippen LogP contribution in [0.5, 0.6) is 5.75 Å². The lowest BCUT2D eigenvalue weighted by Gasteiger charge is -2.32. The molecule has 0 fully saturated rings. The summed E-state index contributed by atoms with van der Waals surface area (Å²) in [6.07, 6.45) is 0. The third kappa shape index (κ3) is 7.40. The molecule has 0 bridgehead atoms. The summed E-state index contributed by atoms with van der Waals surface area (Å²) in [5, 5.41) is 3.56. The maximum absolute atomic E-state index is 14.0. The van der Waals surface area contributed by atoms with Crippen LogP contribution >= 0.6 is 34.8 Å². The molecule has 0 aliphatic rings. The SMILES string of the molecule is COc1ccc(N(CC(=O)N(Cc2c(Cl)cccc2Cl)[C@@H](C)C(=O)NC(C)C)S(=O)(=O)c2ccccc2)cc1Cl. The third-order valence-corrected chi connectivity index (χ3v) is 8.81. The zero-order chi connectivity index (χ0) is 29.6. The lowest BCUT2D eigenvalue weighted by atomic mass is 10.1. The number of hydrogen-bond donors (Lipinski definition) is 1. The van der Waals surface area contributed by atoms with Gasteiger partial charge in [0.25, 0.3) is 10.0 Å². The fourth-order valence-corrected chi connectivity index (χ4v) is 6.10. The van der Waals surface area contributed by atoms with Gasteiger partial charge in [-0.25, -0.2) is 8.42 Å². The van der Waals surface area contributed by atoms with Gasteiger partial charge in [0.15, 0.2) is 0 Å². The van der Waals surface area contributed by atoms with Crippen molar-refractivity contribution >= 4 is 62.3 Å². The normalized spacial score (nSPS) is 12.1. The Labute approximate surface area is 249 Å². The Kier molecular flexibility index (Phi) is 10.7. The Morgan fingerprint density at radius 2 is 1.52 bits per heavy atom. The van der Waals surface area contributed by atoms with Crippen LogP contribution in [0.15, 0.2) is 71.6 Å². The van der Waals surface area contributed by atoms with Gasteiger partial charge in [-0.2, -0.15) is 0 Å². The van der Waals surface area contributed by atoms with E-state index in [9.17, 15) is 18.0 Å². The molecule has 40 heavy (non-hydrogen) atoms. The van der Waals surface area contributed by atoms with E-state index in [0.717, 1.165) is 4.31 Å². The van der Waals surface area contributed by atoms with Gasteiger partial charge in [0.2, 0.25) is 11.8 Å². The van der Waals surface area contributed by atoms with Gasteiger partial charge in [0.05, 0.1) is 22.7 Å². The molecule has 0 heterocycles. The largest absolute Gasteiger partial charge is 0.495 e. The number of nitrogens with zero attached hydrogens (tertiary/aromatic N) is 2. The highest BCUT2D eigenvalue weighted by Gasteiger charge is 2.33. The minimum Gasteiger partial charge on any atom is -0.495 e. The summed E-state index contributed by atoms with van der Waals surface area (Å²) in [4.78, 5) is 28.2. The van der Waals surface area contributed by atoms with Crippen molar-refractivity contribution in [1.82, 2.24) is 10.2 Å². The number of benzene rings is 3. The van der Waals surface area contributed by atoms with Crippen LogP contribution in [0.1, 0.15) is 26.3 Å². The van der Waals surface area contributed by atoms with Crippen molar-refractivity contribution in [3.05, 3.63) is 87.4 Å². The molecule has 0 saturated carbocycles. The molecule has 0 saturated heterocycles. The number of methoxy groups -OCH3 is 1. The van der Waals surface area contributed by atoms with Crippen LogP contribution in [0, 0.1) is 0 Å². The van der Waals surface area contributed by atoms with Crippen LogP contribution < -0.4 is 14.4 Å². The van der Waals surface area contributed by atoms with Gasteiger partial charge in [-0.3, -0.25) is 13.9 Å². The van der Waals surface area contributed by atoms with E-state index < -0.39 is 34.4 Å². The molecule has 0 aliphatic carbocycles. The number of nitrogens with one attached hydrogen (secondary N) is 1. The fraction of sp³-hybridized carbons (Fsp3) is 0.286. The smallest absolute Gasteiger partial charge is 0.264 e. The molecule has 0 aliphatic heterocycles. The lowest BCUT2D eigenvalue weighted by Crippen LogP contribution is -2.52. The Bertz CT molecular complexity index is 1450. The molecule has 12 heteroatoms. The van der Waals surface area contributed by atoms with Crippen LogP contribution in [0.25, 0.3) is 0 Å². The van der Waals surface area contributed by atoms with Gasteiger partial charge in [-0.05, 0) is 63.2 Å². The Hall–Kier alpha value is -2.98. The molecule has 3 aromatic rings. The van der Waals surface area contributed by atoms with Crippen LogP contribution in [0.4, 0.5) is 5.69 Å². The van der Waals surface area contributed by atoms with Gasteiger partial charge in [-0.1, -0.05) is 59.1 Å². The van der Waals surface area contributed by atoms with Crippen LogP contribution in [0.2, 0.25) is 15.1 Å². The predicted octanol–water partition coefficient (Wildman–Crippen LogP) is 5.79. The van der Waals surface area contributed by atoms with Gasteiger partial charge >= 0.3 is 0 Å². The zero-order valence-electron chi connectivity index (χ0n) is 22.4. The molecule has 0 spiro atoms. The molecule has 1 N–H and O–H groups in total. The number of carbonyl (C=O) groups excluding carboxylic acids is 2. The lowest BCUT2D eigenvalue weighted by molar-refractivity contribution is -0.139. The first-order valence-electron chi connectivity index (χ1n) is 12.3. The first kappa shape index (κ1) is 31.5. The van der Waals surface area contributed by atoms with Gasteiger partial charge < -0.3 is 15.0 Å². The van der Waals surface area contributed by atoms with Crippen molar-refractivity contribution in [2.45, 2.75) is 44.3 Å². The number of ether oxygens (including phenoxy) is 1. The molecule has 2 amide bonds. The molecular formula is C28H30Cl3N3O5S.